The number of aliphatic hydroxyl groups excluding tert-OH is 1. The number of rotatable bonds is 0. The van der Waals surface area contributed by atoms with E-state index in [1.54, 1.807) is 4.90 Å². The number of aliphatic imine (C=N–C) groups is 1. The second-order valence-corrected chi connectivity index (χ2v) is 2.79. The third-order valence-electron chi connectivity index (χ3n) is 2.01. The highest BCUT2D eigenvalue weighted by Gasteiger charge is 2.16. The van der Waals surface area contributed by atoms with Gasteiger partial charge in [-0.2, -0.15) is 0 Å². The van der Waals surface area contributed by atoms with Crippen molar-refractivity contribution in [3.63, 3.8) is 0 Å². The molecule has 0 bridgehead atoms. The molecule has 1 aromatic carbocycles. The van der Waals surface area contributed by atoms with Gasteiger partial charge in [0.25, 0.3) is 0 Å². The van der Waals surface area contributed by atoms with E-state index in [9.17, 15) is 5.11 Å². The molecule has 1 unspecified atom stereocenters. The number of benzene rings is 1. The van der Waals surface area contributed by atoms with Gasteiger partial charge in [0.1, 0.15) is 0 Å². The maximum atomic E-state index is 9.40. The van der Waals surface area contributed by atoms with Crippen molar-refractivity contribution < 1.29 is 5.11 Å². The lowest BCUT2D eigenvalue weighted by molar-refractivity contribution is 0.245. The lowest BCUT2D eigenvalue weighted by Gasteiger charge is -2.27. The molecule has 1 heterocycles. The minimum absolute atomic E-state index is 0.597. The molecule has 3 heteroatoms. The van der Waals surface area contributed by atoms with E-state index in [0.717, 1.165) is 11.4 Å². The van der Waals surface area contributed by atoms with E-state index in [1.807, 2.05) is 31.3 Å². The van der Waals surface area contributed by atoms with Crippen LogP contribution in [0.25, 0.3) is 0 Å². The van der Waals surface area contributed by atoms with Gasteiger partial charge in [0.2, 0.25) is 0 Å². The van der Waals surface area contributed by atoms with E-state index >= 15 is 0 Å². The zero-order chi connectivity index (χ0) is 8.55. The average molecular weight is 162 g/mol. The summed E-state index contributed by atoms with van der Waals surface area (Å²) in [6.07, 6.45) is 0.933. The van der Waals surface area contributed by atoms with E-state index in [1.165, 1.54) is 6.21 Å². The zero-order valence-electron chi connectivity index (χ0n) is 6.81. The first-order chi connectivity index (χ1) is 5.79. The predicted molar refractivity (Wildman–Crippen MR) is 49.0 cm³/mol. The molecule has 1 N–H and O–H groups in total. The third kappa shape index (κ3) is 0.987. The number of anilines is 1. The molecular weight excluding hydrogens is 152 g/mol. The average Bonchev–Trinajstić information content (AvgIpc) is 2.12. The van der Waals surface area contributed by atoms with Gasteiger partial charge in [-0.25, -0.2) is 0 Å². The molecule has 1 atom stereocenters. The van der Waals surface area contributed by atoms with Crippen LogP contribution in [0, 0.1) is 0 Å². The van der Waals surface area contributed by atoms with Crippen molar-refractivity contribution in [1.82, 2.24) is 0 Å². The van der Waals surface area contributed by atoms with Crippen LogP contribution in [0.1, 0.15) is 0 Å². The first-order valence-corrected chi connectivity index (χ1v) is 3.83. The number of fused-ring (bicyclic) bond motifs is 1. The van der Waals surface area contributed by atoms with Crippen molar-refractivity contribution in [2.45, 2.75) is 6.23 Å². The molecule has 0 amide bonds. The Morgan fingerprint density at radius 3 is 3.00 bits per heavy atom. The maximum Gasteiger partial charge on any atom is 0.163 e. The van der Waals surface area contributed by atoms with Gasteiger partial charge in [-0.05, 0) is 12.1 Å². The maximum absolute atomic E-state index is 9.40. The summed E-state index contributed by atoms with van der Waals surface area (Å²) >= 11 is 0. The molecule has 62 valence electrons. The second kappa shape index (κ2) is 2.60. The van der Waals surface area contributed by atoms with Crippen LogP contribution in [0.4, 0.5) is 11.4 Å². The van der Waals surface area contributed by atoms with Crippen LogP contribution in [-0.4, -0.2) is 24.6 Å². The Labute approximate surface area is 71.0 Å². The van der Waals surface area contributed by atoms with Crippen LogP contribution < -0.4 is 4.90 Å². The molecule has 1 aliphatic heterocycles. The van der Waals surface area contributed by atoms with E-state index < -0.39 is 6.23 Å². The Bertz CT molecular complexity index is 322. The fourth-order valence-corrected chi connectivity index (χ4v) is 1.26. The fraction of sp³-hybridized carbons (Fsp3) is 0.222. The zero-order valence-corrected chi connectivity index (χ0v) is 6.81. The van der Waals surface area contributed by atoms with E-state index in [2.05, 4.69) is 4.99 Å². The van der Waals surface area contributed by atoms with Crippen LogP contribution in [0.15, 0.2) is 29.3 Å². The van der Waals surface area contributed by atoms with Gasteiger partial charge in [0.15, 0.2) is 6.23 Å². The molecule has 0 saturated carbocycles. The highest BCUT2D eigenvalue weighted by atomic mass is 16.3. The highest BCUT2D eigenvalue weighted by Crippen LogP contribution is 2.30. The third-order valence-corrected chi connectivity index (χ3v) is 2.01. The van der Waals surface area contributed by atoms with Crippen molar-refractivity contribution in [2.75, 3.05) is 11.9 Å². The first kappa shape index (κ1) is 7.31. The van der Waals surface area contributed by atoms with Gasteiger partial charge in [0, 0.05) is 7.05 Å². The number of nitrogens with zero attached hydrogens (tertiary/aromatic N) is 2. The molecular formula is C9H10N2O. The van der Waals surface area contributed by atoms with Gasteiger partial charge in [-0.3, -0.25) is 4.99 Å². The number of hydrogen-bond acceptors (Lipinski definition) is 3. The summed E-state index contributed by atoms with van der Waals surface area (Å²) in [5.41, 5.74) is 1.87. The molecule has 0 aliphatic carbocycles. The topological polar surface area (TPSA) is 35.8 Å². The first-order valence-electron chi connectivity index (χ1n) is 3.83. The summed E-state index contributed by atoms with van der Waals surface area (Å²) in [5.74, 6) is 0. The lowest BCUT2D eigenvalue weighted by Crippen LogP contribution is -2.34. The van der Waals surface area contributed by atoms with Crippen molar-refractivity contribution in [3.05, 3.63) is 24.3 Å². The molecule has 0 aromatic heterocycles. The minimum atomic E-state index is -0.597. The van der Waals surface area contributed by atoms with E-state index in [4.69, 9.17) is 0 Å². The van der Waals surface area contributed by atoms with Crippen molar-refractivity contribution in [2.24, 2.45) is 4.99 Å². The molecule has 0 radical (unpaired) electrons. The number of hydrogen-bond donors (Lipinski definition) is 1. The van der Waals surface area contributed by atoms with Crippen molar-refractivity contribution >= 4 is 17.6 Å². The van der Waals surface area contributed by atoms with Gasteiger partial charge in [0.05, 0.1) is 17.6 Å². The van der Waals surface area contributed by atoms with Crippen LogP contribution in [-0.2, 0) is 0 Å². The van der Waals surface area contributed by atoms with Crippen molar-refractivity contribution in [1.29, 1.82) is 0 Å². The predicted octanol–water partition coefficient (Wildman–Crippen LogP) is 1.16. The Hall–Kier alpha value is -1.35. The molecule has 1 aromatic rings. The smallest absolute Gasteiger partial charge is 0.163 e. The quantitative estimate of drug-likeness (QED) is 0.621. The number of para-hydroxylation sites is 2. The van der Waals surface area contributed by atoms with Crippen LogP contribution in [0.3, 0.4) is 0 Å². The Balaban J connectivity index is 2.52. The lowest BCUT2D eigenvalue weighted by atomic mass is 10.2. The van der Waals surface area contributed by atoms with Gasteiger partial charge in [-0.1, -0.05) is 12.1 Å². The second-order valence-electron chi connectivity index (χ2n) is 2.79. The summed E-state index contributed by atoms with van der Waals surface area (Å²) in [6.45, 7) is 0. The van der Waals surface area contributed by atoms with E-state index in [0.29, 0.717) is 0 Å². The van der Waals surface area contributed by atoms with Crippen LogP contribution in [0.2, 0.25) is 0 Å². The molecule has 2 rings (SSSR count). The monoisotopic (exact) mass is 162 g/mol. The van der Waals surface area contributed by atoms with Crippen LogP contribution >= 0.6 is 0 Å². The SMILES string of the molecule is CN1c2ccccc2N=CC1O. The molecule has 1 aliphatic rings. The summed E-state index contributed by atoms with van der Waals surface area (Å²) in [5, 5.41) is 9.40. The number of aliphatic hydroxyl groups is 1. The summed E-state index contributed by atoms with van der Waals surface area (Å²) in [7, 11) is 1.84. The highest BCUT2D eigenvalue weighted by molar-refractivity contribution is 5.82. The summed E-state index contributed by atoms with van der Waals surface area (Å²) in [4.78, 5) is 5.89. The molecule has 0 saturated heterocycles. The summed E-state index contributed by atoms with van der Waals surface area (Å²) < 4.78 is 0. The normalized spacial score (nSPS) is 20.8. The molecule has 0 spiro atoms. The van der Waals surface area contributed by atoms with Gasteiger partial charge < -0.3 is 10.0 Å². The van der Waals surface area contributed by atoms with Gasteiger partial charge >= 0.3 is 0 Å². The van der Waals surface area contributed by atoms with Gasteiger partial charge in [-0.15, -0.1) is 0 Å². The molecule has 3 nitrogen and oxygen atoms in total. The molecule has 0 fully saturated rings. The van der Waals surface area contributed by atoms with E-state index in [-0.39, 0.29) is 0 Å². The minimum Gasteiger partial charge on any atom is -0.368 e. The largest absolute Gasteiger partial charge is 0.368 e. The van der Waals surface area contributed by atoms with Crippen molar-refractivity contribution in [3.8, 4) is 0 Å². The fourth-order valence-electron chi connectivity index (χ4n) is 1.26. The Kier molecular flexibility index (Phi) is 1.59. The standard InChI is InChI=1S/C9H10N2O/c1-11-8-5-3-2-4-7(8)10-6-9(11)12/h2-6,9,12H,1H3. The molecule has 12 heavy (non-hydrogen) atoms. The summed E-state index contributed by atoms with van der Waals surface area (Å²) in [6, 6.07) is 7.73. The Morgan fingerprint density at radius 2 is 2.17 bits per heavy atom. The Morgan fingerprint density at radius 1 is 1.42 bits per heavy atom. The van der Waals surface area contributed by atoms with Crippen LogP contribution in [0.5, 0.6) is 0 Å².